The van der Waals surface area contributed by atoms with E-state index in [1.54, 1.807) is 13.0 Å². The van der Waals surface area contributed by atoms with Gasteiger partial charge in [0.25, 0.3) is 0 Å². The topological polar surface area (TPSA) is 31.2 Å². The van der Waals surface area contributed by atoms with Gasteiger partial charge in [-0.05, 0) is 42.6 Å². The molecule has 1 heterocycles. The van der Waals surface area contributed by atoms with Crippen LogP contribution in [-0.2, 0) is 4.74 Å². The third-order valence-electron chi connectivity index (χ3n) is 3.23. The van der Waals surface area contributed by atoms with Gasteiger partial charge in [-0.25, -0.2) is 4.79 Å². The number of hydrogen-bond acceptors (Lipinski definition) is 2. The number of nitrogens with zero attached hydrogens (tertiary/aromatic N) is 1. The number of hydrogen-bond donors (Lipinski definition) is 0. The van der Waals surface area contributed by atoms with Gasteiger partial charge in [0.2, 0.25) is 0 Å². The highest BCUT2D eigenvalue weighted by molar-refractivity contribution is 5.90. The van der Waals surface area contributed by atoms with Crippen molar-refractivity contribution in [2.45, 2.75) is 6.92 Å². The predicted molar refractivity (Wildman–Crippen MR) is 79.2 cm³/mol. The zero-order chi connectivity index (χ0) is 13.9. The molecule has 0 saturated carbocycles. The molecule has 3 nitrogen and oxygen atoms in total. The Hall–Kier alpha value is -2.55. The van der Waals surface area contributed by atoms with E-state index in [1.807, 2.05) is 36.5 Å². The molecular formula is C17H15NO2. The minimum absolute atomic E-state index is 0.286. The Morgan fingerprint density at radius 2 is 1.95 bits per heavy atom. The zero-order valence-electron chi connectivity index (χ0n) is 11.2. The molecule has 3 heteroatoms. The second-order valence-electron chi connectivity index (χ2n) is 4.52. The quantitative estimate of drug-likeness (QED) is 0.674. The molecule has 0 N–H and O–H groups in total. The van der Waals surface area contributed by atoms with Gasteiger partial charge in [0.05, 0.1) is 17.7 Å². The Kier molecular flexibility index (Phi) is 3.25. The van der Waals surface area contributed by atoms with Crippen molar-refractivity contribution in [1.29, 1.82) is 0 Å². The van der Waals surface area contributed by atoms with Crippen LogP contribution in [0.1, 0.15) is 17.3 Å². The summed E-state index contributed by atoms with van der Waals surface area (Å²) in [5.41, 5.74) is 2.65. The molecule has 0 atom stereocenters. The average molecular weight is 265 g/mol. The highest BCUT2D eigenvalue weighted by atomic mass is 16.5. The number of rotatable bonds is 3. The molecule has 0 aliphatic carbocycles. The van der Waals surface area contributed by atoms with Crippen LogP contribution in [0.4, 0.5) is 0 Å². The molecule has 100 valence electrons. The molecule has 0 spiro atoms. The second kappa shape index (κ2) is 5.21. The molecule has 0 radical (unpaired) electrons. The number of fused-ring (bicyclic) bond motifs is 1. The van der Waals surface area contributed by atoms with E-state index in [0.717, 1.165) is 11.2 Å². The number of ether oxygens (including phenoxy) is 1. The molecule has 0 saturated heterocycles. The standard InChI is InChI=1S/C17H15NO2/c1-2-20-17(19)14-7-5-8-15(12-14)18-11-10-13-6-3-4-9-16(13)18/h3-12H,2H2,1H3. The van der Waals surface area contributed by atoms with Crippen molar-refractivity contribution in [2.24, 2.45) is 0 Å². The molecule has 0 aliphatic rings. The Balaban J connectivity index is 2.06. The van der Waals surface area contributed by atoms with E-state index in [2.05, 4.69) is 22.8 Å². The van der Waals surface area contributed by atoms with Crippen molar-refractivity contribution >= 4 is 16.9 Å². The summed E-state index contributed by atoms with van der Waals surface area (Å²) in [4.78, 5) is 11.8. The van der Waals surface area contributed by atoms with Gasteiger partial charge in [0.15, 0.2) is 0 Å². The van der Waals surface area contributed by atoms with Crippen LogP contribution in [0.5, 0.6) is 0 Å². The van der Waals surface area contributed by atoms with Crippen LogP contribution in [0.15, 0.2) is 60.8 Å². The molecule has 0 amide bonds. The van der Waals surface area contributed by atoms with Gasteiger partial charge in [-0.1, -0.05) is 24.3 Å². The molecular weight excluding hydrogens is 250 g/mol. The summed E-state index contributed by atoms with van der Waals surface area (Å²) in [6.07, 6.45) is 2.01. The van der Waals surface area contributed by atoms with Crippen LogP contribution in [0.2, 0.25) is 0 Å². The smallest absolute Gasteiger partial charge is 0.338 e. The predicted octanol–water partition coefficient (Wildman–Crippen LogP) is 3.81. The summed E-state index contributed by atoms with van der Waals surface area (Å²) in [6, 6.07) is 17.7. The minimum Gasteiger partial charge on any atom is -0.462 e. The SMILES string of the molecule is CCOC(=O)c1cccc(-n2ccc3ccccc32)c1. The number of carbonyl (C=O) groups is 1. The Morgan fingerprint density at radius 1 is 1.10 bits per heavy atom. The summed E-state index contributed by atoms with van der Waals surface area (Å²) in [5, 5.41) is 1.18. The van der Waals surface area contributed by atoms with Crippen molar-refractivity contribution in [3.63, 3.8) is 0 Å². The van der Waals surface area contributed by atoms with Crippen LogP contribution < -0.4 is 0 Å². The molecule has 3 aromatic rings. The first-order valence-corrected chi connectivity index (χ1v) is 6.63. The maximum atomic E-state index is 11.8. The summed E-state index contributed by atoms with van der Waals surface area (Å²) in [6.45, 7) is 2.19. The third-order valence-corrected chi connectivity index (χ3v) is 3.23. The Morgan fingerprint density at radius 3 is 2.80 bits per heavy atom. The minimum atomic E-state index is -0.286. The summed E-state index contributed by atoms with van der Waals surface area (Å²) < 4.78 is 7.11. The van der Waals surface area contributed by atoms with Gasteiger partial charge >= 0.3 is 5.97 Å². The molecule has 3 rings (SSSR count). The molecule has 0 aliphatic heterocycles. The summed E-state index contributed by atoms with van der Waals surface area (Å²) in [7, 11) is 0. The van der Waals surface area contributed by atoms with Crippen molar-refractivity contribution < 1.29 is 9.53 Å². The first-order chi connectivity index (χ1) is 9.79. The molecule has 0 unspecified atom stereocenters. The van der Waals surface area contributed by atoms with Gasteiger partial charge in [-0.15, -0.1) is 0 Å². The molecule has 20 heavy (non-hydrogen) atoms. The van der Waals surface area contributed by atoms with E-state index >= 15 is 0 Å². The van der Waals surface area contributed by atoms with Crippen LogP contribution in [0.25, 0.3) is 16.6 Å². The largest absolute Gasteiger partial charge is 0.462 e. The van der Waals surface area contributed by atoms with Crippen LogP contribution in [-0.4, -0.2) is 17.1 Å². The van der Waals surface area contributed by atoms with E-state index in [9.17, 15) is 4.79 Å². The van der Waals surface area contributed by atoms with Crippen molar-refractivity contribution in [3.05, 3.63) is 66.4 Å². The van der Waals surface area contributed by atoms with Crippen molar-refractivity contribution in [2.75, 3.05) is 6.61 Å². The van der Waals surface area contributed by atoms with Gasteiger partial charge in [-0.2, -0.15) is 0 Å². The third kappa shape index (κ3) is 2.18. The maximum Gasteiger partial charge on any atom is 0.338 e. The molecule has 0 bridgehead atoms. The van der Waals surface area contributed by atoms with Gasteiger partial charge in [-0.3, -0.25) is 0 Å². The van der Waals surface area contributed by atoms with Crippen LogP contribution >= 0.6 is 0 Å². The fourth-order valence-electron chi connectivity index (χ4n) is 2.31. The van der Waals surface area contributed by atoms with Gasteiger partial charge in [0.1, 0.15) is 0 Å². The molecule has 1 aromatic heterocycles. The fraction of sp³-hybridized carbons (Fsp3) is 0.118. The highest BCUT2D eigenvalue weighted by Gasteiger charge is 2.08. The van der Waals surface area contributed by atoms with Crippen molar-refractivity contribution in [3.8, 4) is 5.69 Å². The second-order valence-corrected chi connectivity index (χ2v) is 4.52. The van der Waals surface area contributed by atoms with E-state index < -0.39 is 0 Å². The Labute approximate surface area is 117 Å². The molecule has 0 fully saturated rings. The van der Waals surface area contributed by atoms with E-state index in [4.69, 9.17) is 4.74 Å². The van der Waals surface area contributed by atoms with E-state index in [1.165, 1.54) is 5.39 Å². The lowest BCUT2D eigenvalue weighted by Crippen LogP contribution is -2.05. The van der Waals surface area contributed by atoms with Gasteiger partial charge in [0, 0.05) is 11.9 Å². The Bertz CT molecular complexity index is 758. The number of carbonyl (C=O) groups excluding carboxylic acids is 1. The summed E-state index contributed by atoms with van der Waals surface area (Å²) in [5.74, 6) is -0.286. The number of benzene rings is 2. The monoisotopic (exact) mass is 265 g/mol. The lowest BCUT2D eigenvalue weighted by Gasteiger charge is -2.07. The van der Waals surface area contributed by atoms with Crippen LogP contribution in [0, 0.1) is 0 Å². The first kappa shape index (κ1) is 12.5. The zero-order valence-corrected chi connectivity index (χ0v) is 11.2. The normalized spacial score (nSPS) is 10.7. The lowest BCUT2D eigenvalue weighted by molar-refractivity contribution is 0.0526. The van der Waals surface area contributed by atoms with Crippen LogP contribution in [0.3, 0.4) is 0 Å². The number of para-hydroxylation sites is 1. The van der Waals surface area contributed by atoms with Gasteiger partial charge < -0.3 is 9.30 Å². The molecule has 2 aromatic carbocycles. The average Bonchev–Trinajstić information content (AvgIpc) is 2.91. The lowest BCUT2D eigenvalue weighted by atomic mass is 10.2. The van der Waals surface area contributed by atoms with E-state index in [-0.39, 0.29) is 5.97 Å². The van der Waals surface area contributed by atoms with Crippen molar-refractivity contribution in [1.82, 2.24) is 4.57 Å². The highest BCUT2D eigenvalue weighted by Crippen LogP contribution is 2.21. The van der Waals surface area contributed by atoms with E-state index in [0.29, 0.717) is 12.2 Å². The first-order valence-electron chi connectivity index (χ1n) is 6.63. The number of esters is 1. The number of aromatic nitrogens is 1. The summed E-state index contributed by atoms with van der Waals surface area (Å²) >= 11 is 0. The maximum absolute atomic E-state index is 11.8. The fourth-order valence-corrected chi connectivity index (χ4v) is 2.31.